The van der Waals surface area contributed by atoms with Gasteiger partial charge in [-0.1, -0.05) is 43.9 Å². The maximum absolute atomic E-state index is 12.6. The van der Waals surface area contributed by atoms with Crippen molar-refractivity contribution in [2.75, 3.05) is 10.8 Å². The molecule has 0 aromatic heterocycles. The van der Waals surface area contributed by atoms with E-state index < -0.39 is 0 Å². The van der Waals surface area contributed by atoms with E-state index in [0.717, 1.165) is 24.9 Å². The molecule has 0 bridgehead atoms. The number of alkyl halides is 1. The molecule has 3 heteroatoms. The van der Waals surface area contributed by atoms with E-state index >= 15 is 0 Å². The van der Waals surface area contributed by atoms with E-state index in [1.807, 2.05) is 0 Å². The molecule has 1 aromatic carbocycles. The summed E-state index contributed by atoms with van der Waals surface area (Å²) in [6, 6.07) is 6.48. The summed E-state index contributed by atoms with van der Waals surface area (Å²) in [6.45, 7) is 4.42. The Hall–Kier alpha value is -1.02. The quantitative estimate of drug-likeness (QED) is 0.684. The molecule has 1 unspecified atom stereocenters. The van der Waals surface area contributed by atoms with E-state index in [4.69, 9.17) is 11.6 Å². The van der Waals surface area contributed by atoms with Crippen molar-refractivity contribution in [3.05, 3.63) is 29.3 Å². The summed E-state index contributed by atoms with van der Waals surface area (Å²) in [5, 5.41) is 0. The third-order valence-electron chi connectivity index (χ3n) is 5.26. The van der Waals surface area contributed by atoms with Gasteiger partial charge in [0.05, 0.1) is 0 Å². The Kier molecular flexibility index (Phi) is 4.00. The Morgan fingerprint density at radius 2 is 2.05 bits per heavy atom. The summed E-state index contributed by atoms with van der Waals surface area (Å²) in [4.78, 5) is 14.7. The van der Waals surface area contributed by atoms with Crippen molar-refractivity contribution in [1.29, 1.82) is 0 Å². The van der Waals surface area contributed by atoms with Crippen LogP contribution in [0.4, 0.5) is 5.69 Å². The number of rotatable bonds is 1. The van der Waals surface area contributed by atoms with Gasteiger partial charge in [0.1, 0.15) is 5.88 Å². The SMILES string of the molecule is Cc1ccc2c(c1)C(C)CC1(CCCCC1)N2C(=O)CCl. The van der Waals surface area contributed by atoms with Crippen LogP contribution in [0.15, 0.2) is 18.2 Å². The smallest absolute Gasteiger partial charge is 0.242 e. The van der Waals surface area contributed by atoms with E-state index in [-0.39, 0.29) is 17.3 Å². The number of carbonyl (C=O) groups is 1. The van der Waals surface area contributed by atoms with Gasteiger partial charge in [-0.05, 0) is 43.7 Å². The lowest BCUT2D eigenvalue weighted by atomic mass is 9.70. The first-order valence-electron chi connectivity index (χ1n) is 8.07. The van der Waals surface area contributed by atoms with Gasteiger partial charge in [-0.15, -0.1) is 11.6 Å². The van der Waals surface area contributed by atoms with Crippen molar-refractivity contribution in [3.8, 4) is 0 Å². The molecule has 1 amide bonds. The third-order valence-corrected chi connectivity index (χ3v) is 5.49. The zero-order valence-corrected chi connectivity index (χ0v) is 13.7. The van der Waals surface area contributed by atoms with Gasteiger partial charge in [-0.2, -0.15) is 0 Å². The Morgan fingerprint density at radius 1 is 1.33 bits per heavy atom. The first kappa shape index (κ1) is 14.9. The van der Waals surface area contributed by atoms with Crippen LogP contribution in [0.25, 0.3) is 0 Å². The fourth-order valence-corrected chi connectivity index (χ4v) is 4.51. The lowest BCUT2D eigenvalue weighted by molar-refractivity contribution is -0.118. The molecule has 2 nitrogen and oxygen atoms in total. The van der Waals surface area contributed by atoms with Crippen LogP contribution < -0.4 is 4.90 Å². The third kappa shape index (κ3) is 2.48. The number of amides is 1. The number of anilines is 1. The van der Waals surface area contributed by atoms with Crippen molar-refractivity contribution >= 4 is 23.2 Å². The van der Waals surface area contributed by atoms with Crippen LogP contribution in [-0.2, 0) is 4.79 Å². The van der Waals surface area contributed by atoms with E-state index in [9.17, 15) is 4.79 Å². The molecule has 21 heavy (non-hydrogen) atoms. The van der Waals surface area contributed by atoms with Crippen LogP contribution >= 0.6 is 11.6 Å². The highest BCUT2D eigenvalue weighted by atomic mass is 35.5. The minimum Gasteiger partial charge on any atom is -0.305 e. The zero-order chi connectivity index (χ0) is 15.0. The van der Waals surface area contributed by atoms with Gasteiger partial charge in [-0.3, -0.25) is 4.79 Å². The Balaban J connectivity index is 2.12. The summed E-state index contributed by atoms with van der Waals surface area (Å²) >= 11 is 5.93. The molecular weight excluding hydrogens is 282 g/mol. The lowest BCUT2D eigenvalue weighted by Gasteiger charge is -2.52. The van der Waals surface area contributed by atoms with Gasteiger partial charge in [0.15, 0.2) is 0 Å². The number of fused-ring (bicyclic) bond motifs is 1. The molecule has 1 aliphatic heterocycles. The van der Waals surface area contributed by atoms with Gasteiger partial charge in [0.25, 0.3) is 0 Å². The average molecular weight is 306 g/mol. The molecule has 1 aliphatic carbocycles. The predicted molar refractivity (Wildman–Crippen MR) is 88.2 cm³/mol. The van der Waals surface area contributed by atoms with Gasteiger partial charge in [0.2, 0.25) is 5.91 Å². The molecule has 0 radical (unpaired) electrons. The number of benzene rings is 1. The van der Waals surface area contributed by atoms with Crippen LogP contribution in [0.3, 0.4) is 0 Å². The van der Waals surface area contributed by atoms with Crippen LogP contribution in [0.2, 0.25) is 0 Å². The maximum Gasteiger partial charge on any atom is 0.242 e. The van der Waals surface area contributed by atoms with Crippen molar-refractivity contribution in [2.24, 2.45) is 0 Å². The van der Waals surface area contributed by atoms with E-state index in [0.29, 0.717) is 5.92 Å². The molecule has 1 saturated carbocycles. The van der Waals surface area contributed by atoms with E-state index in [1.165, 1.54) is 30.4 Å². The second-order valence-electron chi connectivity index (χ2n) is 6.82. The van der Waals surface area contributed by atoms with Crippen LogP contribution in [0.5, 0.6) is 0 Å². The minimum atomic E-state index is 0.00585. The summed E-state index contributed by atoms with van der Waals surface area (Å²) in [6.07, 6.45) is 7.05. The van der Waals surface area contributed by atoms with Crippen molar-refractivity contribution in [3.63, 3.8) is 0 Å². The molecule has 1 aromatic rings. The minimum absolute atomic E-state index is 0.00585. The fourth-order valence-electron chi connectivity index (χ4n) is 4.40. The summed E-state index contributed by atoms with van der Waals surface area (Å²) < 4.78 is 0. The standard InChI is InChI=1S/C18H24ClNO/c1-13-6-7-16-15(10-13)14(2)11-18(8-4-3-5-9-18)20(16)17(21)12-19/h6-7,10,14H,3-5,8-9,11-12H2,1-2H3. The second-order valence-corrected chi connectivity index (χ2v) is 7.08. The first-order valence-corrected chi connectivity index (χ1v) is 8.60. The lowest BCUT2D eigenvalue weighted by Crippen LogP contribution is -2.56. The first-order chi connectivity index (χ1) is 10.1. The van der Waals surface area contributed by atoms with Crippen LogP contribution in [0.1, 0.15) is 62.5 Å². The van der Waals surface area contributed by atoms with E-state index in [1.54, 1.807) is 0 Å². The predicted octanol–water partition coefficient (Wildman–Crippen LogP) is 4.78. The highest BCUT2D eigenvalue weighted by Crippen LogP contribution is 2.49. The summed E-state index contributed by atoms with van der Waals surface area (Å²) in [5.74, 6) is 0.650. The summed E-state index contributed by atoms with van der Waals surface area (Å²) in [7, 11) is 0. The molecule has 3 rings (SSSR count). The molecule has 0 N–H and O–H groups in total. The van der Waals surface area contributed by atoms with Crippen molar-refractivity contribution in [1.82, 2.24) is 0 Å². The molecule has 1 heterocycles. The highest BCUT2D eigenvalue weighted by molar-refractivity contribution is 6.29. The van der Waals surface area contributed by atoms with E-state index in [2.05, 4.69) is 36.9 Å². The number of aryl methyl sites for hydroxylation is 1. The number of nitrogens with zero attached hydrogens (tertiary/aromatic N) is 1. The maximum atomic E-state index is 12.6. The van der Waals surface area contributed by atoms with Gasteiger partial charge < -0.3 is 4.90 Å². The molecule has 1 atom stereocenters. The molecular formula is C18H24ClNO. The van der Waals surface area contributed by atoms with Crippen LogP contribution in [-0.4, -0.2) is 17.3 Å². The Bertz CT molecular complexity index is 548. The largest absolute Gasteiger partial charge is 0.305 e. The number of hydrogen-bond donors (Lipinski definition) is 0. The average Bonchev–Trinajstić information content (AvgIpc) is 2.48. The zero-order valence-electron chi connectivity index (χ0n) is 13.0. The highest BCUT2D eigenvalue weighted by Gasteiger charge is 2.46. The Labute approximate surface area is 132 Å². The Morgan fingerprint density at radius 3 is 2.71 bits per heavy atom. The van der Waals surface area contributed by atoms with Gasteiger partial charge in [-0.25, -0.2) is 0 Å². The fraction of sp³-hybridized carbons (Fsp3) is 0.611. The monoisotopic (exact) mass is 305 g/mol. The number of carbonyl (C=O) groups excluding carboxylic acids is 1. The molecule has 0 saturated heterocycles. The van der Waals surface area contributed by atoms with Crippen LogP contribution in [0, 0.1) is 6.92 Å². The molecule has 1 spiro atoms. The second kappa shape index (κ2) is 5.64. The normalized spacial score (nSPS) is 24.0. The van der Waals surface area contributed by atoms with Gasteiger partial charge in [0, 0.05) is 11.2 Å². The summed E-state index contributed by atoms with van der Waals surface area (Å²) in [5.41, 5.74) is 3.68. The van der Waals surface area contributed by atoms with Crippen molar-refractivity contribution in [2.45, 2.75) is 63.8 Å². The molecule has 2 aliphatic rings. The van der Waals surface area contributed by atoms with Gasteiger partial charge >= 0.3 is 0 Å². The molecule has 114 valence electrons. The number of hydrogen-bond acceptors (Lipinski definition) is 1. The molecule has 1 fully saturated rings. The van der Waals surface area contributed by atoms with Crippen molar-refractivity contribution < 1.29 is 4.79 Å². The topological polar surface area (TPSA) is 20.3 Å². The number of halogens is 1.